The standard InChI is InChI=1S/C9H12N2/c10-8-11-7-6-9-4-2-1-3-5-9/h1-5,8H,6-7H2,(H2,10,11). The summed E-state index contributed by atoms with van der Waals surface area (Å²) in [6, 6.07) is 10.2. The molecule has 0 aliphatic carbocycles. The molecule has 0 aromatic heterocycles. The molecule has 0 saturated heterocycles. The van der Waals surface area contributed by atoms with Gasteiger partial charge in [0.15, 0.2) is 0 Å². The average Bonchev–Trinajstić information content (AvgIpc) is 2.07. The van der Waals surface area contributed by atoms with E-state index in [2.05, 4.69) is 17.1 Å². The second-order valence-corrected chi connectivity index (χ2v) is 2.29. The second-order valence-electron chi connectivity index (χ2n) is 2.29. The third-order valence-electron chi connectivity index (χ3n) is 1.48. The van der Waals surface area contributed by atoms with Crippen molar-refractivity contribution in [3.05, 3.63) is 35.9 Å². The van der Waals surface area contributed by atoms with E-state index in [-0.39, 0.29) is 0 Å². The lowest BCUT2D eigenvalue weighted by Gasteiger charge is -1.95. The van der Waals surface area contributed by atoms with Gasteiger partial charge in [0.2, 0.25) is 0 Å². The van der Waals surface area contributed by atoms with E-state index in [4.69, 9.17) is 5.73 Å². The third-order valence-corrected chi connectivity index (χ3v) is 1.48. The summed E-state index contributed by atoms with van der Waals surface area (Å²) in [6.07, 6.45) is 2.32. The van der Waals surface area contributed by atoms with Crippen LogP contribution in [0.4, 0.5) is 0 Å². The topological polar surface area (TPSA) is 38.4 Å². The molecule has 0 bridgehead atoms. The maximum atomic E-state index is 5.10. The van der Waals surface area contributed by atoms with Crippen LogP contribution in [0.5, 0.6) is 0 Å². The van der Waals surface area contributed by atoms with Crippen LogP contribution >= 0.6 is 0 Å². The first kappa shape index (κ1) is 7.79. The molecule has 0 aliphatic rings. The summed E-state index contributed by atoms with van der Waals surface area (Å²) in [5.41, 5.74) is 6.40. The van der Waals surface area contributed by atoms with Crippen LogP contribution in [0.25, 0.3) is 0 Å². The minimum atomic E-state index is 0.778. The lowest BCUT2D eigenvalue weighted by Crippen LogP contribution is -1.93. The van der Waals surface area contributed by atoms with Crippen molar-refractivity contribution >= 4 is 6.34 Å². The summed E-state index contributed by atoms with van der Waals surface area (Å²) < 4.78 is 0. The average molecular weight is 148 g/mol. The van der Waals surface area contributed by atoms with Gasteiger partial charge < -0.3 is 5.73 Å². The fourth-order valence-corrected chi connectivity index (χ4v) is 0.913. The van der Waals surface area contributed by atoms with Crippen LogP contribution < -0.4 is 5.73 Å². The Balaban J connectivity index is 2.39. The van der Waals surface area contributed by atoms with Crippen LogP contribution in [0.2, 0.25) is 0 Å². The van der Waals surface area contributed by atoms with Crippen LogP contribution in [-0.2, 0) is 6.42 Å². The van der Waals surface area contributed by atoms with Gasteiger partial charge in [-0.1, -0.05) is 30.3 Å². The van der Waals surface area contributed by atoms with Gasteiger partial charge in [0, 0.05) is 6.54 Å². The molecule has 2 nitrogen and oxygen atoms in total. The maximum Gasteiger partial charge on any atom is 0.0797 e. The van der Waals surface area contributed by atoms with Crippen molar-refractivity contribution in [2.75, 3.05) is 6.54 Å². The summed E-state index contributed by atoms with van der Waals surface area (Å²) in [7, 11) is 0. The number of aliphatic imine (C=N–C) groups is 1. The Labute approximate surface area is 66.8 Å². The van der Waals surface area contributed by atoms with Crippen LogP contribution in [0.3, 0.4) is 0 Å². The lowest BCUT2D eigenvalue weighted by atomic mass is 10.2. The van der Waals surface area contributed by atoms with Gasteiger partial charge in [0.05, 0.1) is 6.34 Å². The molecule has 1 rings (SSSR count). The highest BCUT2D eigenvalue weighted by Crippen LogP contribution is 1.98. The number of nitrogens with two attached hydrogens (primary N) is 1. The SMILES string of the molecule is NC=NCCc1ccccc1. The predicted molar refractivity (Wildman–Crippen MR) is 47.7 cm³/mol. The summed E-state index contributed by atoms with van der Waals surface area (Å²) in [6.45, 7) is 0.778. The minimum Gasteiger partial charge on any atom is -0.390 e. The smallest absolute Gasteiger partial charge is 0.0797 e. The van der Waals surface area contributed by atoms with E-state index in [1.54, 1.807) is 0 Å². The molecule has 2 N–H and O–H groups in total. The fraction of sp³-hybridized carbons (Fsp3) is 0.222. The highest BCUT2D eigenvalue weighted by atomic mass is 14.8. The van der Waals surface area contributed by atoms with Gasteiger partial charge >= 0.3 is 0 Å². The van der Waals surface area contributed by atoms with E-state index in [9.17, 15) is 0 Å². The molecular weight excluding hydrogens is 136 g/mol. The molecule has 0 saturated carbocycles. The van der Waals surface area contributed by atoms with E-state index < -0.39 is 0 Å². The van der Waals surface area contributed by atoms with Crippen LogP contribution in [-0.4, -0.2) is 12.9 Å². The monoisotopic (exact) mass is 148 g/mol. The van der Waals surface area contributed by atoms with Gasteiger partial charge in [-0.15, -0.1) is 0 Å². The third kappa shape index (κ3) is 2.85. The molecule has 1 aromatic rings. The first-order chi connectivity index (χ1) is 5.43. The molecule has 1 aromatic carbocycles. The number of benzene rings is 1. The molecule has 0 fully saturated rings. The molecular formula is C9H12N2. The van der Waals surface area contributed by atoms with Gasteiger partial charge in [-0.05, 0) is 12.0 Å². The first-order valence-electron chi connectivity index (χ1n) is 3.67. The quantitative estimate of drug-likeness (QED) is 0.508. The van der Waals surface area contributed by atoms with Crippen LogP contribution in [0.15, 0.2) is 35.3 Å². The van der Waals surface area contributed by atoms with E-state index in [0.717, 1.165) is 13.0 Å². The largest absolute Gasteiger partial charge is 0.390 e. The molecule has 0 atom stereocenters. The second kappa shape index (κ2) is 4.50. The minimum absolute atomic E-state index is 0.778. The van der Waals surface area contributed by atoms with Gasteiger partial charge in [0.1, 0.15) is 0 Å². The Hall–Kier alpha value is -1.31. The van der Waals surface area contributed by atoms with E-state index >= 15 is 0 Å². The van der Waals surface area contributed by atoms with E-state index in [0.29, 0.717) is 0 Å². The molecule has 0 radical (unpaired) electrons. The van der Waals surface area contributed by atoms with Crippen molar-refractivity contribution in [2.24, 2.45) is 10.7 Å². The highest BCUT2D eigenvalue weighted by molar-refractivity contribution is 5.51. The molecule has 58 valence electrons. The number of hydrogen-bond acceptors (Lipinski definition) is 1. The van der Waals surface area contributed by atoms with Crippen LogP contribution in [0.1, 0.15) is 5.56 Å². The van der Waals surface area contributed by atoms with Gasteiger partial charge in [-0.3, -0.25) is 4.99 Å². The number of hydrogen-bond donors (Lipinski definition) is 1. The Morgan fingerprint density at radius 3 is 2.64 bits per heavy atom. The zero-order chi connectivity index (χ0) is 7.94. The summed E-state index contributed by atoms with van der Waals surface area (Å²) in [5.74, 6) is 0. The zero-order valence-electron chi connectivity index (χ0n) is 6.40. The Morgan fingerprint density at radius 1 is 1.27 bits per heavy atom. The van der Waals surface area contributed by atoms with Crippen molar-refractivity contribution in [2.45, 2.75) is 6.42 Å². The first-order valence-corrected chi connectivity index (χ1v) is 3.67. The van der Waals surface area contributed by atoms with Crippen molar-refractivity contribution in [3.63, 3.8) is 0 Å². The number of rotatable bonds is 3. The van der Waals surface area contributed by atoms with Crippen molar-refractivity contribution in [1.82, 2.24) is 0 Å². The van der Waals surface area contributed by atoms with Gasteiger partial charge in [-0.25, -0.2) is 0 Å². The van der Waals surface area contributed by atoms with Crippen molar-refractivity contribution in [1.29, 1.82) is 0 Å². The normalized spacial score (nSPS) is 10.5. The van der Waals surface area contributed by atoms with Gasteiger partial charge in [-0.2, -0.15) is 0 Å². The molecule has 11 heavy (non-hydrogen) atoms. The van der Waals surface area contributed by atoms with E-state index in [1.807, 2.05) is 18.2 Å². The Bertz CT molecular complexity index is 216. The Kier molecular flexibility index (Phi) is 3.19. The van der Waals surface area contributed by atoms with Gasteiger partial charge in [0.25, 0.3) is 0 Å². The summed E-state index contributed by atoms with van der Waals surface area (Å²) in [4.78, 5) is 3.92. The molecule has 0 heterocycles. The molecule has 0 aliphatic heterocycles. The summed E-state index contributed by atoms with van der Waals surface area (Å²) >= 11 is 0. The predicted octanol–water partition coefficient (Wildman–Crippen LogP) is 1.22. The van der Waals surface area contributed by atoms with Crippen LogP contribution in [0, 0.1) is 0 Å². The zero-order valence-corrected chi connectivity index (χ0v) is 6.40. The fourth-order valence-electron chi connectivity index (χ4n) is 0.913. The molecule has 0 unspecified atom stereocenters. The van der Waals surface area contributed by atoms with Crippen molar-refractivity contribution in [3.8, 4) is 0 Å². The maximum absolute atomic E-state index is 5.10. The molecule has 0 spiro atoms. The lowest BCUT2D eigenvalue weighted by molar-refractivity contribution is 0.971. The molecule has 2 heteroatoms. The highest BCUT2D eigenvalue weighted by Gasteiger charge is 1.87. The summed E-state index contributed by atoms with van der Waals surface area (Å²) in [5, 5.41) is 0. The number of nitrogens with zero attached hydrogens (tertiary/aromatic N) is 1. The Morgan fingerprint density at radius 2 is 2.00 bits per heavy atom. The molecule has 0 amide bonds. The van der Waals surface area contributed by atoms with E-state index in [1.165, 1.54) is 11.9 Å². The van der Waals surface area contributed by atoms with Crippen molar-refractivity contribution < 1.29 is 0 Å².